The minimum Gasteiger partial charge on any atom is -0.455 e. The van der Waals surface area contributed by atoms with Gasteiger partial charge in [0.05, 0.1) is 6.42 Å². The third-order valence-corrected chi connectivity index (χ3v) is 4.32. The van der Waals surface area contributed by atoms with Crippen LogP contribution in [0.5, 0.6) is 0 Å². The molecule has 2 N–H and O–H groups in total. The molecule has 6 heteroatoms. The van der Waals surface area contributed by atoms with Gasteiger partial charge < -0.3 is 19.9 Å². The number of fused-ring (bicyclic) bond motifs is 1. The Morgan fingerprint density at radius 1 is 1.07 bits per heavy atom. The van der Waals surface area contributed by atoms with E-state index in [0.29, 0.717) is 6.54 Å². The average molecular weight is 365 g/mol. The zero-order chi connectivity index (χ0) is 19.2. The van der Waals surface area contributed by atoms with Crippen molar-refractivity contribution in [1.29, 1.82) is 0 Å². The molecule has 0 bridgehead atoms. The van der Waals surface area contributed by atoms with E-state index in [1.165, 1.54) is 0 Å². The Bertz CT molecular complexity index is 929. The molecule has 0 atom stereocenters. The number of amides is 1. The van der Waals surface area contributed by atoms with Crippen molar-refractivity contribution >= 4 is 28.5 Å². The van der Waals surface area contributed by atoms with Crippen molar-refractivity contribution in [2.24, 2.45) is 0 Å². The number of aromatic amines is 1. The van der Waals surface area contributed by atoms with Gasteiger partial charge in [0.2, 0.25) is 0 Å². The third kappa shape index (κ3) is 4.88. The Balaban J connectivity index is 1.44. The van der Waals surface area contributed by atoms with E-state index in [-0.39, 0.29) is 18.9 Å². The van der Waals surface area contributed by atoms with E-state index < -0.39 is 5.97 Å². The van der Waals surface area contributed by atoms with Crippen molar-refractivity contribution < 1.29 is 14.3 Å². The van der Waals surface area contributed by atoms with Gasteiger partial charge in [-0.1, -0.05) is 30.3 Å². The highest BCUT2D eigenvalue weighted by atomic mass is 16.5. The monoisotopic (exact) mass is 365 g/mol. The van der Waals surface area contributed by atoms with Crippen LogP contribution < -0.4 is 10.2 Å². The largest absolute Gasteiger partial charge is 0.455 e. The summed E-state index contributed by atoms with van der Waals surface area (Å²) in [5.41, 5.74) is 3.91. The molecule has 0 aliphatic rings. The number of nitrogens with zero attached hydrogens (tertiary/aromatic N) is 1. The number of anilines is 1. The molecular formula is C21H23N3O3. The van der Waals surface area contributed by atoms with Crippen LogP contribution in [-0.2, 0) is 27.3 Å². The molecular weight excluding hydrogens is 342 g/mol. The van der Waals surface area contributed by atoms with Crippen molar-refractivity contribution in [1.82, 2.24) is 10.3 Å². The number of carbonyl (C=O) groups excluding carboxylic acids is 2. The van der Waals surface area contributed by atoms with E-state index >= 15 is 0 Å². The standard InChI is InChI=1S/C21H23N3O3/c1-24(2)17-9-7-15(8-10-17)12-23-20(25)14-27-21(26)11-16-13-22-19-6-4-3-5-18(16)19/h3-10,13,22H,11-12,14H2,1-2H3,(H,23,25). The normalized spacial score (nSPS) is 10.6. The minimum atomic E-state index is -0.426. The quantitative estimate of drug-likeness (QED) is 0.631. The summed E-state index contributed by atoms with van der Waals surface area (Å²) in [4.78, 5) is 29.0. The smallest absolute Gasteiger partial charge is 0.310 e. The van der Waals surface area contributed by atoms with E-state index in [2.05, 4.69) is 10.3 Å². The summed E-state index contributed by atoms with van der Waals surface area (Å²) in [5, 5.41) is 3.74. The van der Waals surface area contributed by atoms with Crippen LogP contribution in [0.4, 0.5) is 5.69 Å². The van der Waals surface area contributed by atoms with Crippen molar-refractivity contribution in [2.45, 2.75) is 13.0 Å². The van der Waals surface area contributed by atoms with Crippen LogP contribution in [0.3, 0.4) is 0 Å². The first-order chi connectivity index (χ1) is 13.0. The molecule has 2 aromatic carbocycles. The summed E-state index contributed by atoms with van der Waals surface area (Å²) >= 11 is 0. The van der Waals surface area contributed by atoms with Gasteiger partial charge in [-0.25, -0.2) is 0 Å². The van der Waals surface area contributed by atoms with Gasteiger partial charge in [-0.15, -0.1) is 0 Å². The highest BCUT2D eigenvalue weighted by molar-refractivity contribution is 5.88. The molecule has 3 aromatic rings. The van der Waals surface area contributed by atoms with Crippen LogP contribution in [0, 0.1) is 0 Å². The van der Waals surface area contributed by atoms with Gasteiger partial charge in [0, 0.05) is 43.4 Å². The maximum Gasteiger partial charge on any atom is 0.310 e. The SMILES string of the molecule is CN(C)c1ccc(CNC(=O)COC(=O)Cc2c[nH]c3ccccc23)cc1. The Morgan fingerprint density at radius 3 is 2.56 bits per heavy atom. The molecule has 0 saturated heterocycles. The second kappa shape index (κ2) is 8.40. The van der Waals surface area contributed by atoms with Crippen molar-refractivity contribution in [2.75, 3.05) is 25.6 Å². The lowest BCUT2D eigenvalue weighted by atomic mass is 10.1. The van der Waals surface area contributed by atoms with Crippen molar-refractivity contribution in [3.8, 4) is 0 Å². The first-order valence-electron chi connectivity index (χ1n) is 8.76. The lowest BCUT2D eigenvalue weighted by Crippen LogP contribution is -2.28. The molecule has 1 amide bonds. The predicted molar refractivity (Wildman–Crippen MR) is 106 cm³/mol. The number of para-hydroxylation sites is 1. The number of benzene rings is 2. The Hall–Kier alpha value is -3.28. The molecule has 0 saturated carbocycles. The van der Waals surface area contributed by atoms with E-state index in [0.717, 1.165) is 27.7 Å². The van der Waals surface area contributed by atoms with Gasteiger partial charge in [0.15, 0.2) is 6.61 Å². The maximum atomic E-state index is 12.0. The molecule has 1 aromatic heterocycles. The third-order valence-electron chi connectivity index (χ3n) is 4.32. The fraction of sp³-hybridized carbons (Fsp3) is 0.238. The highest BCUT2D eigenvalue weighted by Gasteiger charge is 2.11. The summed E-state index contributed by atoms with van der Waals surface area (Å²) in [6, 6.07) is 15.6. The Labute approximate surface area is 158 Å². The molecule has 0 spiro atoms. The van der Waals surface area contributed by atoms with Gasteiger partial charge in [-0.2, -0.15) is 0 Å². The topological polar surface area (TPSA) is 74.4 Å². The molecule has 0 aliphatic carbocycles. The van der Waals surface area contributed by atoms with Crippen LogP contribution in [0.25, 0.3) is 10.9 Å². The number of H-pyrrole nitrogens is 1. The number of carbonyl (C=O) groups is 2. The zero-order valence-corrected chi connectivity index (χ0v) is 15.5. The Morgan fingerprint density at radius 2 is 1.81 bits per heavy atom. The number of hydrogen-bond donors (Lipinski definition) is 2. The molecule has 140 valence electrons. The van der Waals surface area contributed by atoms with Gasteiger partial charge in [0.1, 0.15) is 0 Å². The van der Waals surface area contributed by atoms with E-state index in [1.807, 2.05) is 67.5 Å². The van der Waals surface area contributed by atoms with Crippen LogP contribution in [0.15, 0.2) is 54.7 Å². The second-order valence-corrected chi connectivity index (χ2v) is 6.53. The number of nitrogens with one attached hydrogen (secondary N) is 2. The summed E-state index contributed by atoms with van der Waals surface area (Å²) in [6.45, 7) is 0.115. The van der Waals surface area contributed by atoms with Gasteiger partial charge >= 0.3 is 5.97 Å². The number of aromatic nitrogens is 1. The van der Waals surface area contributed by atoms with Crippen LogP contribution >= 0.6 is 0 Å². The molecule has 6 nitrogen and oxygen atoms in total. The molecule has 3 rings (SSSR count). The summed E-state index contributed by atoms with van der Waals surface area (Å²) in [5.74, 6) is -0.746. The first-order valence-corrected chi connectivity index (χ1v) is 8.76. The summed E-state index contributed by atoms with van der Waals surface area (Å²) < 4.78 is 5.09. The van der Waals surface area contributed by atoms with E-state index in [4.69, 9.17) is 4.74 Å². The lowest BCUT2D eigenvalue weighted by Gasteiger charge is -2.13. The van der Waals surface area contributed by atoms with Gasteiger partial charge in [0.25, 0.3) is 5.91 Å². The summed E-state index contributed by atoms with van der Waals surface area (Å²) in [6.07, 6.45) is 1.92. The summed E-state index contributed by atoms with van der Waals surface area (Å²) in [7, 11) is 3.95. The van der Waals surface area contributed by atoms with Gasteiger partial charge in [-0.05, 0) is 29.3 Å². The number of ether oxygens (including phenoxy) is 1. The zero-order valence-electron chi connectivity index (χ0n) is 15.5. The van der Waals surface area contributed by atoms with Crippen LogP contribution in [-0.4, -0.2) is 37.6 Å². The van der Waals surface area contributed by atoms with Crippen LogP contribution in [0.2, 0.25) is 0 Å². The average Bonchev–Trinajstić information content (AvgIpc) is 3.08. The highest BCUT2D eigenvalue weighted by Crippen LogP contribution is 2.18. The molecule has 27 heavy (non-hydrogen) atoms. The number of hydrogen-bond acceptors (Lipinski definition) is 4. The fourth-order valence-electron chi connectivity index (χ4n) is 2.79. The van der Waals surface area contributed by atoms with Crippen LogP contribution in [0.1, 0.15) is 11.1 Å². The van der Waals surface area contributed by atoms with Gasteiger partial charge in [-0.3, -0.25) is 9.59 Å². The lowest BCUT2D eigenvalue weighted by molar-refractivity contribution is -0.147. The molecule has 1 heterocycles. The van der Waals surface area contributed by atoms with E-state index in [1.54, 1.807) is 6.20 Å². The van der Waals surface area contributed by atoms with E-state index in [9.17, 15) is 9.59 Å². The number of esters is 1. The van der Waals surface area contributed by atoms with Crippen molar-refractivity contribution in [3.05, 3.63) is 65.9 Å². The molecule has 0 fully saturated rings. The predicted octanol–water partition coefficient (Wildman–Crippen LogP) is 2.64. The molecule has 0 radical (unpaired) electrons. The van der Waals surface area contributed by atoms with Crippen molar-refractivity contribution in [3.63, 3.8) is 0 Å². The fourth-order valence-corrected chi connectivity index (χ4v) is 2.79. The molecule has 0 aliphatic heterocycles. The minimum absolute atomic E-state index is 0.128. The first kappa shape index (κ1) is 18.5. The number of rotatable bonds is 7. The molecule has 0 unspecified atom stereocenters. The second-order valence-electron chi connectivity index (χ2n) is 6.53. The Kier molecular flexibility index (Phi) is 5.76. The maximum absolute atomic E-state index is 12.0.